The molecule has 0 spiro atoms. The fourth-order valence-corrected chi connectivity index (χ4v) is 5.30. The summed E-state index contributed by atoms with van der Waals surface area (Å²) >= 11 is 1.48. The Morgan fingerprint density at radius 3 is 2.61 bits per heavy atom. The van der Waals surface area contributed by atoms with E-state index in [-0.39, 0.29) is 29.0 Å². The van der Waals surface area contributed by atoms with Crippen LogP contribution in [-0.4, -0.2) is 20.4 Å². The van der Waals surface area contributed by atoms with Crippen molar-refractivity contribution in [3.8, 4) is 5.75 Å². The molecule has 1 aliphatic carbocycles. The van der Waals surface area contributed by atoms with Gasteiger partial charge in [-0.2, -0.15) is 0 Å². The van der Waals surface area contributed by atoms with Crippen molar-refractivity contribution >= 4 is 33.0 Å². The van der Waals surface area contributed by atoms with Crippen LogP contribution in [0, 0.1) is 0 Å². The summed E-state index contributed by atoms with van der Waals surface area (Å²) in [5, 5.41) is 4.72. The Balaban J connectivity index is 1.43. The molecule has 0 radical (unpaired) electrons. The summed E-state index contributed by atoms with van der Waals surface area (Å²) in [7, 11) is -3.73. The minimum absolute atomic E-state index is 0.0509. The first-order valence-corrected chi connectivity index (χ1v) is 12.6. The van der Waals surface area contributed by atoms with E-state index in [1.54, 1.807) is 24.3 Å². The fraction of sp³-hybridized carbons (Fsp3) is 0.261. The van der Waals surface area contributed by atoms with Gasteiger partial charge in [0.1, 0.15) is 5.75 Å². The van der Waals surface area contributed by atoms with Gasteiger partial charge in [0, 0.05) is 28.7 Å². The highest BCUT2D eigenvalue weighted by Crippen LogP contribution is 2.26. The minimum atomic E-state index is -3.73. The smallest absolute Gasteiger partial charge is 0.255 e. The largest absolute Gasteiger partial charge is 0.490 e. The summed E-state index contributed by atoms with van der Waals surface area (Å²) in [6, 6.07) is 17.0. The first-order valence-electron chi connectivity index (χ1n) is 10.2. The van der Waals surface area contributed by atoms with Crippen molar-refractivity contribution in [2.75, 3.05) is 5.32 Å². The van der Waals surface area contributed by atoms with Gasteiger partial charge in [-0.15, -0.1) is 11.3 Å². The zero-order chi connectivity index (χ0) is 21.7. The number of rotatable bonds is 8. The van der Waals surface area contributed by atoms with Crippen molar-refractivity contribution in [2.24, 2.45) is 0 Å². The average Bonchev–Trinajstić information content (AvgIpc) is 3.47. The summed E-state index contributed by atoms with van der Waals surface area (Å²) in [5.74, 6) is 0.340. The molecule has 8 heteroatoms. The molecule has 1 heterocycles. The Morgan fingerprint density at radius 2 is 1.84 bits per heavy atom. The van der Waals surface area contributed by atoms with Crippen LogP contribution in [0.1, 0.15) is 40.9 Å². The number of nitrogens with one attached hydrogen (secondary N) is 2. The molecule has 0 saturated heterocycles. The van der Waals surface area contributed by atoms with Gasteiger partial charge in [-0.25, -0.2) is 13.1 Å². The molecule has 4 rings (SSSR count). The van der Waals surface area contributed by atoms with Crippen LogP contribution in [0.25, 0.3) is 0 Å². The number of hydrogen-bond donors (Lipinski definition) is 2. The van der Waals surface area contributed by atoms with Crippen molar-refractivity contribution in [1.82, 2.24) is 4.72 Å². The third kappa shape index (κ3) is 5.72. The molecule has 0 bridgehead atoms. The van der Waals surface area contributed by atoms with Gasteiger partial charge in [0.2, 0.25) is 10.0 Å². The number of sulfonamides is 1. The molecular weight excluding hydrogens is 432 g/mol. The summed E-state index contributed by atoms with van der Waals surface area (Å²) in [6.45, 7) is 0.213. The van der Waals surface area contributed by atoms with Crippen molar-refractivity contribution in [1.29, 1.82) is 0 Å². The van der Waals surface area contributed by atoms with Gasteiger partial charge in [0.05, 0.1) is 11.0 Å². The quantitative estimate of drug-likeness (QED) is 0.510. The van der Waals surface area contributed by atoms with E-state index < -0.39 is 10.0 Å². The maximum atomic E-state index is 12.7. The Bertz CT molecular complexity index is 1140. The fourth-order valence-electron chi connectivity index (χ4n) is 3.52. The predicted octanol–water partition coefficient (Wildman–Crippen LogP) is 4.80. The number of anilines is 1. The molecule has 2 aromatic carbocycles. The first-order chi connectivity index (χ1) is 15.0. The number of hydrogen-bond acceptors (Lipinski definition) is 5. The second kappa shape index (κ2) is 9.64. The molecule has 31 heavy (non-hydrogen) atoms. The van der Waals surface area contributed by atoms with Crippen LogP contribution in [0.4, 0.5) is 5.69 Å². The highest BCUT2D eigenvalue weighted by atomic mass is 32.2. The number of carbonyl (C=O) groups excluding carboxylic acids is 1. The van der Waals surface area contributed by atoms with Crippen LogP contribution in [0.15, 0.2) is 70.9 Å². The summed E-state index contributed by atoms with van der Waals surface area (Å²) in [4.78, 5) is 13.7. The predicted molar refractivity (Wildman–Crippen MR) is 122 cm³/mol. The van der Waals surface area contributed by atoms with Crippen LogP contribution in [0.5, 0.6) is 5.75 Å². The molecule has 1 aromatic heterocycles. The van der Waals surface area contributed by atoms with Crippen molar-refractivity contribution in [3.05, 3.63) is 76.5 Å². The van der Waals surface area contributed by atoms with Crippen LogP contribution in [0.3, 0.4) is 0 Å². The molecular formula is C23H24N2O4S2. The van der Waals surface area contributed by atoms with Gasteiger partial charge in [0.25, 0.3) is 5.91 Å². The van der Waals surface area contributed by atoms with Gasteiger partial charge in [-0.3, -0.25) is 4.79 Å². The SMILES string of the molecule is O=C(Nc1cccc(OC2CCCC2)c1)c1cccc(S(=O)(=O)NCc2cccs2)c1. The Hall–Kier alpha value is -2.68. The van der Waals surface area contributed by atoms with E-state index in [2.05, 4.69) is 10.0 Å². The molecule has 2 N–H and O–H groups in total. The average molecular weight is 457 g/mol. The van der Waals surface area contributed by atoms with Gasteiger partial charge >= 0.3 is 0 Å². The topological polar surface area (TPSA) is 84.5 Å². The monoisotopic (exact) mass is 456 g/mol. The standard InChI is InChI=1S/C23H24N2O4S2/c26-23(25-18-7-4-10-20(15-18)29-19-8-1-2-9-19)17-6-3-12-22(14-17)31(27,28)24-16-21-11-5-13-30-21/h3-7,10-15,19,24H,1-2,8-9,16H2,(H,25,26). The zero-order valence-electron chi connectivity index (χ0n) is 16.9. The third-order valence-electron chi connectivity index (χ3n) is 5.12. The van der Waals surface area contributed by atoms with E-state index in [0.29, 0.717) is 5.69 Å². The lowest BCUT2D eigenvalue weighted by molar-refractivity contribution is 0.102. The second-order valence-corrected chi connectivity index (χ2v) is 10.2. The van der Waals surface area contributed by atoms with E-state index in [0.717, 1.165) is 23.5 Å². The summed E-state index contributed by atoms with van der Waals surface area (Å²) in [6.07, 6.45) is 4.71. The lowest BCUT2D eigenvalue weighted by atomic mass is 10.2. The minimum Gasteiger partial charge on any atom is -0.490 e. The van der Waals surface area contributed by atoms with Crippen LogP contribution in [-0.2, 0) is 16.6 Å². The van der Waals surface area contributed by atoms with Crippen LogP contribution >= 0.6 is 11.3 Å². The maximum absolute atomic E-state index is 12.7. The number of thiophene rings is 1. The number of ether oxygens (including phenoxy) is 1. The molecule has 0 aliphatic heterocycles. The molecule has 0 atom stereocenters. The van der Waals surface area contributed by atoms with E-state index in [1.807, 2.05) is 29.6 Å². The van der Waals surface area contributed by atoms with Crippen molar-refractivity contribution < 1.29 is 17.9 Å². The highest BCUT2D eigenvalue weighted by Gasteiger charge is 2.18. The van der Waals surface area contributed by atoms with Gasteiger partial charge < -0.3 is 10.1 Å². The van der Waals surface area contributed by atoms with Crippen molar-refractivity contribution in [3.63, 3.8) is 0 Å². The number of benzene rings is 2. The number of amides is 1. The van der Waals surface area contributed by atoms with E-state index in [9.17, 15) is 13.2 Å². The molecule has 3 aromatic rings. The van der Waals surface area contributed by atoms with Gasteiger partial charge in [-0.05, 0) is 67.5 Å². The molecule has 162 valence electrons. The second-order valence-electron chi connectivity index (χ2n) is 7.44. The molecule has 0 unspecified atom stereocenters. The molecule has 6 nitrogen and oxygen atoms in total. The summed E-state index contributed by atoms with van der Waals surface area (Å²) in [5.41, 5.74) is 0.866. The lowest BCUT2D eigenvalue weighted by Crippen LogP contribution is -2.23. The van der Waals surface area contributed by atoms with E-state index in [1.165, 1.54) is 36.3 Å². The molecule has 1 amide bonds. The summed E-state index contributed by atoms with van der Waals surface area (Å²) < 4.78 is 33.8. The van der Waals surface area contributed by atoms with E-state index >= 15 is 0 Å². The van der Waals surface area contributed by atoms with E-state index in [4.69, 9.17) is 4.74 Å². The Kier molecular flexibility index (Phi) is 6.70. The molecule has 1 aliphatic rings. The molecule has 1 fully saturated rings. The van der Waals surface area contributed by atoms with Gasteiger partial charge in [-0.1, -0.05) is 18.2 Å². The highest BCUT2D eigenvalue weighted by molar-refractivity contribution is 7.89. The number of carbonyl (C=O) groups is 1. The van der Waals surface area contributed by atoms with Crippen LogP contribution < -0.4 is 14.8 Å². The normalized spacial score (nSPS) is 14.5. The lowest BCUT2D eigenvalue weighted by Gasteiger charge is -2.14. The van der Waals surface area contributed by atoms with Crippen molar-refractivity contribution in [2.45, 2.75) is 43.2 Å². The van der Waals surface area contributed by atoms with Gasteiger partial charge in [0.15, 0.2) is 0 Å². The zero-order valence-corrected chi connectivity index (χ0v) is 18.5. The molecule has 1 saturated carbocycles. The first kappa shape index (κ1) is 21.5. The maximum Gasteiger partial charge on any atom is 0.255 e. The Morgan fingerprint density at radius 1 is 1.03 bits per heavy atom. The van der Waals surface area contributed by atoms with Crippen LogP contribution in [0.2, 0.25) is 0 Å². The Labute approximate surface area is 186 Å². The third-order valence-corrected chi connectivity index (χ3v) is 7.40.